The van der Waals surface area contributed by atoms with Gasteiger partial charge in [-0.15, -0.1) is 134 Å². The summed E-state index contributed by atoms with van der Waals surface area (Å²) in [6.45, 7) is 3.60. The van der Waals surface area contributed by atoms with Crippen LogP contribution in [0.1, 0.15) is 50.2 Å². The van der Waals surface area contributed by atoms with Gasteiger partial charge in [-0.05, 0) is 148 Å². The SMILES string of the molecule is COc1ccc(COc2c(C(=O)O)nn(Cc3ccc(OC)cc3)c2-c2ccccc2)cc1.COc1ccc(COc2c(C(C)=O)nn(Cc3ccc(OC)cc3)c2-c2ccccc2)cc1.PP(P)P(P(P)P)P(P(P(P)P)P(P)P)P(P(P)P)P(P)P.PPP(P)P. The number of hydrogen-bond donors (Lipinski definition) is 1. The van der Waals surface area contributed by atoms with Gasteiger partial charge in [0.05, 0.1) is 41.5 Å². The van der Waals surface area contributed by atoms with Crippen LogP contribution in [0.3, 0.4) is 0 Å². The maximum atomic E-state index is 12.5. The third-order valence-electron chi connectivity index (χ3n) is 12.4. The summed E-state index contributed by atoms with van der Waals surface area (Å²) < 4.78 is 36.7. The molecule has 6 aromatic carbocycles. The van der Waals surface area contributed by atoms with Crippen molar-refractivity contribution in [1.82, 2.24) is 19.6 Å². The summed E-state index contributed by atoms with van der Waals surface area (Å²) in [7, 11) is 54.0. The molecule has 502 valence electrons. The molecule has 13 nitrogen and oxygen atoms in total. The molecule has 0 saturated carbocycles. The second-order valence-corrected chi connectivity index (χ2v) is 120. The molecule has 2 aromatic heterocycles. The van der Waals surface area contributed by atoms with Crippen molar-refractivity contribution in [1.29, 1.82) is 0 Å². The molecule has 0 saturated heterocycles. The number of rotatable bonds is 28. The number of hydrogen-bond acceptors (Lipinski definition) is 10. The van der Waals surface area contributed by atoms with Crippen LogP contribution in [-0.4, -0.2) is 64.9 Å². The lowest BCUT2D eigenvalue weighted by atomic mass is 10.1. The zero-order chi connectivity index (χ0) is 68.5. The van der Waals surface area contributed by atoms with E-state index in [0.29, 0.717) is 36.8 Å². The second-order valence-electron chi connectivity index (χ2n) is 18.8. The number of aromatic nitrogens is 4. The Morgan fingerprint density at radius 3 is 0.935 bits per heavy atom. The number of carboxylic acids is 1. The second kappa shape index (κ2) is 46.3. The molecule has 0 bridgehead atoms. The van der Waals surface area contributed by atoms with Crippen molar-refractivity contribution in [2.45, 2.75) is 33.2 Å². The number of ether oxygens (including phenoxy) is 6. The average Bonchev–Trinajstić information content (AvgIpc) is 1.75. The molecule has 16 atom stereocenters. The van der Waals surface area contributed by atoms with Crippen LogP contribution < -0.4 is 28.4 Å². The number of carbonyl (C=O) groups excluding carboxylic acids is 1. The summed E-state index contributed by atoms with van der Waals surface area (Å²) in [5.41, 5.74) is 7.14. The van der Waals surface area contributed by atoms with Gasteiger partial charge in [0.25, 0.3) is 0 Å². The maximum Gasteiger partial charge on any atom is 0.360 e. The number of ketones is 1. The lowest BCUT2D eigenvalue weighted by Gasteiger charge is -2.47. The molecule has 16 unspecified atom stereocenters. The third-order valence-corrected chi connectivity index (χ3v) is 162. The minimum Gasteiger partial charge on any atom is -0.497 e. The lowest BCUT2D eigenvalue weighted by Crippen LogP contribution is -2.05. The molecular formula is C53H81N4O9P27. The average molecular weight is 1750 g/mol. The van der Waals surface area contributed by atoms with Gasteiger partial charge in [-0.3, -0.25) is 14.2 Å². The zero-order valence-corrected chi connectivity index (χ0v) is 79.6. The smallest absolute Gasteiger partial charge is 0.360 e. The molecule has 40 heteroatoms. The molecule has 0 radical (unpaired) electrons. The van der Waals surface area contributed by atoms with Gasteiger partial charge in [-0.1, -0.05) is 117 Å². The summed E-state index contributed by atoms with van der Waals surface area (Å²) in [4.78, 5) is 24.6. The molecule has 93 heavy (non-hydrogen) atoms. The summed E-state index contributed by atoms with van der Waals surface area (Å²) in [5.74, 6) is 2.47. The standard InChI is InChI=1S/C27H26N2O4.C26H24N2O5.H24P22.H7P5/c1-19(30)25-27(33-18-21-11-15-24(32-3)16-12-21)26(22-7-5-4-6-8-22)29(28-25)17-20-9-13-23(31-2)14-10-20;1-31-21-12-8-18(9-13-21)16-28-24(20-6-4-3-5-7-20)25(23(27-28)26(29)30)33-17-19-10-14-22(32-2)15-11-19;1-13(2)19(14(3)4)22(20(15(5)6)16(7)8)21(17(9)10)18(11)12;1-4-5(2)3/h4-16H,17-18H2,1-3H3;3-15H,16-17H2,1-2H3,(H,29,30);1-12H2;4H,1-3H2. The number of carbonyl (C=O) groups is 2. The van der Waals surface area contributed by atoms with E-state index in [1.54, 1.807) is 33.1 Å². The van der Waals surface area contributed by atoms with Crippen molar-refractivity contribution in [3.8, 4) is 57.0 Å². The van der Waals surface area contributed by atoms with Crippen LogP contribution in [0.25, 0.3) is 22.5 Å². The monoisotopic (exact) mass is 1750 g/mol. The summed E-state index contributed by atoms with van der Waals surface area (Å²) in [6.07, 6.45) is 0. The fourth-order valence-electron chi connectivity index (χ4n) is 8.20. The Morgan fingerprint density at radius 1 is 0.419 bits per heavy atom. The summed E-state index contributed by atoms with van der Waals surface area (Å²) in [6, 6.07) is 49.8. The molecular weight excluding hydrogens is 1670 g/mol. The molecule has 8 aromatic rings. The molecule has 1 N–H and O–H groups in total. The minimum atomic E-state index is -1.15. The van der Waals surface area contributed by atoms with E-state index < -0.39 is 5.97 Å². The van der Waals surface area contributed by atoms with E-state index >= 15 is 0 Å². The van der Waals surface area contributed by atoms with Gasteiger partial charge < -0.3 is 33.5 Å². The van der Waals surface area contributed by atoms with Crippen molar-refractivity contribution < 1.29 is 43.1 Å². The summed E-state index contributed by atoms with van der Waals surface area (Å²) >= 11 is 0. The van der Waals surface area contributed by atoms with E-state index in [9.17, 15) is 14.7 Å². The number of methoxy groups -OCH3 is 4. The van der Waals surface area contributed by atoms with Crippen LogP contribution >= 0.6 is 219 Å². The lowest BCUT2D eigenvalue weighted by molar-refractivity contribution is 0.0684. The predicted octanol–water partition coefficient (Wildman–Crippen LogP) is 25.2. The Kier molecular flexibility index (Phi) is 43.3. The number of benzene rings is 6. The topological polar surface area (TPSA) is 145 Å². The first-order valence-electron chi connectivity index (χ1n) is 26.9. The molecule has 0 aliphatic heterocycles. The van der Waals surface area contributed by atoms with E-state index in [4.69, 9.17) is 28.4 Å². The van der Waals surface area contributed by atoms with Crippen molar-refractivity contribution >= 4 is 230 Å². The van der Waals surface area contributed by atoms with Crippen LogP contribution in [0.5, 0.6) is 34.5 Å². The fraction of sp³-hybridized carbons (Fsp3) is 0.170. The Bertz CT molecular complexity index is 3250. The molecule has 0 spiro atoms. The number of nitrogens with zero attached hydrogens (tertiary/aromatic N) is 4. The van der Waals surface area contributed by atoms with Crippen molar-refractivity contribution in [2.75, 3.05) is 28.4 Å². The highest BCUT2D eigenvalue weighted by Crippen LogP contribution is 3.32. The fourth-order valence-corrected chi connectivity index (χ4v) is 281. The van der Waals surface area contributed by atoms with E-state index in [1.165, 1.54) is 6.92 Å². The highest BCUT2D eigenvalue weighted by atomic mass is 33.4. The Balaban J connectivity index is 0.000000249. The van der Waals surface area contributed by atoms with Crippen LogP contribution in [0.2, 0.25) is 0 Å². The van der Waals surface area contributed by atoms with Gasteiger partial charge in [-0.2, -0.15) is 10.2 Å². The Hall–Kier alpha value is 3.29. The van der Waals surface area contributed by atoms with E-state index in [0.717, 1.165) is 70.0 Å². The number of aromatic carboxylic acids is 1. The normalized spacial score (nSPS) is 11.5. The van der Waals surface area contributed by atoms with Gasteiger partial charge >= 0.3 is 5.97 Å². The largest absolute Gasteiger partial charge is 0.497 e. The van der Waals surface area contributed by atoms with Gasteiger partial charge in [0.15, 0.2) is 23.0 Å². The van der Waals surface area contributed by atoms with Gasteiger partial charge in [0, 0.05) is 18.1 Å². The third kappa shape index (κ3) is 28.3. The Morgan fingerprint density at radius 2 is 0.688 bits per heavy atom. The molecule has 2 heterocycles. The quantitative estimate of drug-likeness (QED) is 0.0369. The molecule has 8 rings (SSSR count). The molecule has 0 amide bonds. The van der Waals surface area contributed by atoms with Gasteiger partial charge in [0.1, 0.15) is 47.6 Å². The number of carboxylic acid groups (broad SMARTS) is 1. The maximum absolute atomic E-state index is 12.5. The van der Waals surface area contributed by atoms with Crippen LogP contribution in [0, 0.1) is 0 Å². The molecule has 0 aliphatic carbocycles. The summed E-state index contributed by atoms with van der Waals surface area (Å²) in [5, 5.41) is 18.9. The van der Waals surface area contributed by atoms with Crippen molar-refractivity contribution in [2.24, 2.45) is 0 Å². The van der Waals surface area contributed by atoms with Gasteiger partial charge in [-0.25, -0.2) is 4.79 Å². The highest BCUT2D eigenvalue weighted by molar-refractivity contribution is 9.38. The van der Waals surface area contributed by atoms with E-state index in [2.05, 4.69) is 144 Å². The van der Waals surface area contributed by atoms with Crippen LogP contribution in [0.4, 0.5) is 0 Å². The highest BCUT2D eigenvalue weighted by Gasteiger charge is 2.44. The van der Waals surface area contributed by atoms with Crippen LogP contribution in [-0.2, 0) is 26.3 Å². The number of Topliss-reactive ketones (excluding diaryl/α,β-unsaturated/α-hetero) is 1. The molecule has 0 aliphatic rings. The van der Waals surface area contributed by atoms with E-state index in [1.807, 2.05) is 162 Å². The van der Waals surface area contributed by atoms with Gasteiger partial charge in [0.2, 0.25) is 5.69 Å². The molecule has 0 fully saturated rings. The first-order chi connectivity index (χ1) is 44.4. The predicted molar refractivity (Wildman–Crippen MR) is 481 cm³/mol. The van der Waals surface area contributed by atoms with Crippen molar-refractivity contribution in [3.05, 3.63) is 191 Å². The zero-order valence-electron chi connectivity index (χ0n) is 51.4. The first-order valence-corrected chi connectivity index (χ1v) is 74.4. The van der Waals surface area contributed by atoms with E-state index in [-0.39, 0.29) is 101 Å². The Labute approximate surface area is 598 Å². The van der Waals surface area contributed by atoms with Crippen LogP contribution in [0.15, 0.2) is 158 Å². The minimum absolute atomic E-state index is 0.00720. The first kappa shape index (κ1) is 86.9. The van der Waals surface area contributed by atoms with Crippen molar-refractivity contribution in [3.63, 3.8) is 0 Å².